The molecule has 0 saturated heterocycles. The van der Waals surface area contributed by atoms with Gasteiger partial charge in [-0.3, -0.25) is 0 Å². The summed E-state index contributed by atoms with van der Waals surface area (Å²) in [4.78, 5) is 4.38. The van der Waals surface area contributed by atoms with Crippen LogP contribution in [0.3, 0.4) is 0 Å². The summed E-state index contributed by atoms with van der Waals surface area (Å²) in [6.45, 7) is 1.83. The van der Waals surface area contributed by atoms with Crippen molar-refractivity contribution in [3.63, 3.8) is 0 Å². The van der Waals surface area contributed by atoms with Crippen molar-refractivity contribution in [2.45, 2.75) is 11.9 Å². The summed E-state index contributed by atoms with van der Waals surface area (Å²) in [5, 5.41) is 1.54. The smallest absolute Gasteiger partial charge is 0.193 e. The maximum absolute atomic E-state index is 12.1. The van der Waals surface area contributed by atoms with Crippen molar-refractivity contribution in [2.75, 3.05) is 13.4 Å². The van der Waals surface area contributed by atoms with Crippen LogP contribution in [-0.4, -0.2) is 26.8 Å². The number of hydrogen-bond acceptors (Lipinski definition) is 4. The maximum atomic E-state index is 12.1. The molecule has 0 bridgehead atoms. The average molecular weight is 327 g/mol. The van der Waals surface area contributed by atoms with Crippen LogP contribution in [0.4, 0.5) is 0 Å². The molecule has 0 fully saturated rings. The molecule has 0 radical (unpaired) electrons. The van der Waals surface area contributed by atoms with Gasteiger partial charge in [0, 0.05) is 22.9 Å². The lowest BCUT2D eigenvalue weighted by Gasteiger charge is -2.14. The Balaban J connectivity index is 2.48. The molecule has 0 amide bonds. The summed E-state index contributed by atoms with van der Waals surface area (Å²) in [6.07, 6.45) is 1.18. The van der Waals surface area contributed by atoms with Gasteiger partial charge < -0.3 is 4.74 Å². The highest BCUT2D eigenvalue weighted by Crippen LogP contribution is 2.35. The van der Waals surface area contributed by atoms with Crippen LogP contribution in [-0.2, 0) is 9.84 Å². The predicted octanol–water partition coefficient (Wildman–Crippen LogP) is 3.62. The SMILES string of the molecule is COc1ccc2c(S(C)(=O)=O)nc(C)c(-c3ccccc3)c2c1. The molecule has 0 spiro atoms. The zero-order valence-corrected chi connectivity index (χ0v) is 14.0. The van der Waals surface area contributed by atoms with E-state index >= 15 is 0 Å². The Kier molecular flexibility index (Phi) is 3.82. The van der Waals surface area contributed by atoms with E-state index in [1.807, 2.05) is 43.3 Å². The monoisotopic (exact) mass is 327 g/mol. The van der Waals surface area contributed by atoms with Crippen LogP contribution in [0.1, 0.15) is 5.69 Å². The molecule has 3 rings (SSSR count). The van der Waals surface area contributed by atoms with Gasteiger partial charge in [0.2, 0.25) is 0 Å². The van der Waals surface area contributed by atoms with Gasteiger partial charge in [-0.15, -0.1) is 0 Å². The molecule has 118 valence electrons. The molecular weight excluding hydrogens is 310 g/mol. The van der Waals surface area contributed by atoms with Crippen molar-refractivity contribution >= 4 is 20.6 Å². The zero-order valence-electron chi connectivity index (χ0n) is 13.2. The van der Waals surface area contributed by atoms with Crippen LogP contribution in [0.15, 0.2) is 53.6 Å². The van der Waals surface area contributed by atoms with Crippen LogP contribution >= 0.6 is 0 Å². The quantitative estimate of drug-likeness (QED) is 0.737. The second-order valence-electron chi connectivity index (χ2n) is 5.43. The molecule has 0 saturated carbocycles. The first-order valence-corrected chi connectivity index (χ1v) is 9.05. The number of rotatable bonds is 3. The van der Waals surface area contributed by atoms with Gasteiger partial charge in [-0.2, -0.15) is 0 Å². The summed E-state index contributed by atoms with van der Waals surface area (Å²) < 4.78 is 29.5. The minimum atomic E-state index is -3.42. The summed E-state index contributed by atoms with van der Waals surface area (Å²) >= 11 is 0. The summed E-state index contributed by atoms with van der Waals surface area (Å²) in [5.41, 5.74) is 2.60. The number of nitrogens with zero attached hydrogens (tertiary/aromatic N) is 1. The van der Waals surface area contributed by atoms with Gasteiger partial charge in [0.15, 0.2) is 14.9 Å². The van der Waals surface area contributed by atoms with Crippen LogP contribution in [0.5, 0.6) is 5.75 Å². The van der Waals surface area contributed by atoms with Crippen LogP contribution in [0.2, 0.25) is 0 Å². The van der Waals surface area contributed by atoms with Crippen molar-refractivity contribution < 1.29 is 13.2 Å². The topological polar surface area (TPSA) is 56.3 Å². The third-order valence-corrected chi connectivity index (χ3v) is 4.78. The minimum Gasteiger partial charge on any atom is -0.497 e. The molecule has 1 heterocycles. The van der Waals surface area contributed by atoms with Crippen molar-refractivity contribution in [1.29, 1.82) is 0 Å². The molecule has 0 unspecified atom stereocenters. The van der Waals surface area contributed by atoms with Crippen molar-refractivity contribution in [3.05, 3.63) is 54.2 Å². The van der Waals surface area contributed by atoms with E-state index < -0.39 is 9.84 Å². The third-order valence-electron chi connectivity index (χ3n) is 3.77. The second-order valence-corrected chi connectivity index (χ2v) is 7.36. The highest BCUT2D eigenvalue weighted by Gasteiger charge is 2.19. The largest absolute Gasteiger partial charge is 0.497 e. The van der Waals surface area contributed by atoms with Gasteiger partial charge in [-0.05, 0) is 36.1 Å². The molecule has 4 nitrogen and oxygen atoms in total. The van der Waals surface area contributed by atoms with Gasteiger partial charge in [0.05, 0.1) is 7.11 Å². The highest BCUT2D eigenvalue weighted by atomic mass is 32.2. The average Bonchev–Trinajstić information content (AvgIpc) is 2.53. The Labute approximate surface area is 135 Å². The van der Waals surface area contributed by atoms with E-state index in [4.69, 9.17) is 4.74 Å². The Morgan fingerprint density at radius 3 is 2.30 bits per heavy atom. The fraction of sp³-hybridized carbons (Fsp3) is 0.167. The lowest BCUT2D eigenvalue weighted by atomic mass is 9.98. The molecule has 3 aromatic rings. The van der Waals surface area contributed by atoms with E-state index in [1.54, 1.807) is 19.2 Å². The van der Waals surface area contributed by atoms with E-state index in [-0.39, 0.29) is 5.03 Å². The fourth-order valence-electron chi connectivity index (χ4n) is 2.76. The summed E-state index contributed by atoms with van der Waals surface area (Å²) in [5.74, 6) is 0.680. The number of pyridine rings is 1. The van der Waals surface area contributed by atoms with Gasteiger partial charge in [-0.25, -0.2) is 13.4 Å². The second kappa shape index (κ2) is 5.66. The van der Waals surface area contributed by atoms with Gasteiger partial charge in [0.1, 0.15) is 5.75 Å². The molecule has 0 aliphatic rings. The van der Waals surface area contributed by atoms with E-state index in [2.05, 4.69) is 4.98 Å². The van der Waals surface area contributed by atoms with E-state index in [1.165, 1.54) is 6.26 Å². The van der Waals surface area contributed by atoms with E-state index in [9.17, 15) is 8.42 Å². The molecule has 0 aliphatic carbocycles. The third kappa shape index (κ3) is 2.80. The van der Waals surface area contributed by atoms with Crippen LogP contribution in [0, 0.1) is 6.92 Å². The number of aryl methyl sites for hydroxylation is 1. The summed E-state index contributed by atoms with van der Waals surface area (Å²) in [7, 11) is -1.83. The van der Waals surface area contributed by atoms with Crippen molar-refractivity contribution in [1.82, 2.24) is 4.98 Å². The molecule has 0 aliphatic heterocycles. The zero-order chi connectivity index (χ0) is 16.6. The minimum absolute atomic E-state index is 0.104. The van der Waals surface area contributed by atoms with Gasteiger partial charge in [-0.1, -0.05) is 30.3 Å². The molecule has 0 N–H and O–H groups in total. The normalized spacial score (nSPS) is 11.6. The number of methoxy groups -OCH3 is 1. The lowest BCUT2D eigenvalue weighted by Crippen LogP contribution is -2.05. The number of sulfone groups is 1. The van der Waals surface area contributed by atoms with Crippen LogP contribution in [0.25, 0.3) is 21.9 Å². The van der Waals surface area contributed by atoms with Crippen LogP contribution < -0.4 is 4.74 Å². The van der Waals surface area contributed by atoms with Gasteiger partial charge >= 0.3 is 0 Å². The first-order chi connectivity index (χ1) is 10.9. The fourth-order valence-corrected chi connectivity index (χ4v) is 3.64. The first-order valence-electron chi connectivity index (χ1n) is 7.15. The van der Waals surface area contributed by atoms with Gasteiger partial charge in [0.25, 0.3) is 0 Å². The van der Waals surface area contributed by atoms with E-state index in [0.29, 0.717) is 16.8 Å². The first kappa shape index (κ1) is 15.5. The van der Waals surface area contributed by atoms with Crippen molar-refractivity contribution in [3.8, 4) is 16.9 Å². The van der Waals surface area contributed by atoms with E-state index in [0.717, 1.165) is 16.5 Å². The molecule has 23 heavy (non-hydrogen) atoms. The molecule has 1 aromatic heterocycles. The Bertz CT molecular complexity index is 980. The molecule has 5 heteroatoms. The number of benzene rings is 2. The maximum Gasteiger partial charge on any atom is 0.193 e. The highest BCUT2D eigenvalue weighted by molar-refractivity contribution is 7.90. The number of ether oxygens (including phenoxy) is 1. The number of hydrogen-bond donors (Lipinski definition) is 0. The molecule has 2 aromatic carbocycles. The van der Waals surface area contributed by atoms with Crippen molar-refractivity contribution in [2.24, 2.45) is 0 Å². The Morgan fingerprint density at radius 1 is 1.00 bits per heavy atom. The Morgan fingerprint density at radius 2 is 1.70 bits per heavy atom. The summed E-state index contributed by atoms with van der Waals surface area (Å²) in [6, 6.07) is 15.2. The number of aromatic nitrogens is 1. The Hall–Kier alpha value is -2.40. The standard InChI is InChI=1S/C18H17NO3S/c1-12-17(13-7-5-4-6-8-13)16-11-14(22-2)9-10-15(16)18(19-12)23(3,20)21/h4-11H,1-3H3. The molecular formula is C18H17NO3S. The lowest BCUT2D eigenvalue weighted by molar-refractivity contribution is 0.415. The number of fused-ring (bicyclic) bond motifs is 1. The molecule has 0 atom stereocenters. The predicted molar refractivity (Wildman–Crippen MR) is 91.6 cm³/mol.